The molecule has 0 saturated heterocycles. The predicted octanol–water partition coefficient (Wildman–Crippen LogP) is 2.71. The van der Waals surface area contributed by atoms with Gasteiger partial charge in [0.25, 0.3) is 0 Å². The van der Waals surface area contributed by atoms with Crippen LogP contribution < -0.4 is 4.90 Å². The van der Waals surface area contributed by atoms with Crippen molar-refractivity contribution in [3.8, 4) is 0 Å². The standard InChI is InChI=1S/C16H18FNO3/c1-21-11-13-6-8-18(9-7-13)15-4-2-12(10-14(15)17)3-5-16(19)20/h2-6,10H,7-9,11H2,1H3,(H,19,20)/b5-3+. The number of halogens is 1. The second kappa shape index (κ2) is 7.04. The smallest absolute Gasteiger partial charge is 0.328 e. The summed E-state index contributed by atoms with van der Waals surface area (Å²) in [5.41, 5.74) is 2.30. The molecule has 0 spiro atoms. The Bertz CT molecular complexity index is 581. The van der Waals surface area contributed by atoms with Gasteiger partial charge in [0.2, 0.25) is 0 Å². The van der Waals surface area contributed by atoms with E-state index in [1.165, 1.54) is 17.7 Å². The van der Waals surface area contributed by atoms with E-state index in [9.17, 15) is 9.18 Å². The average molecular weight is 291 g/mol. The molecule has 0 aromatic heterocycles. The summed E-state index contributed by atoms with van der Waals surface area (Å²) in [5.74, 6) is -1.39. The van der Waals surface area contributed by atoms with Gasteiger partial charge in [-0.15, -0.1) is 0 Å². The average Bonchev–Trinajstić information content (AvgIpc) is 2.47. The van der Waals surface area contributed by atoms with Crippen molar-refractivity contribution in [2.45, 2.75) is 6.42 Å². The predicted molar refractivity (Wildman–Crippen MR) is 79.9 cm³/mol. The molecule has 0 radical (unpaired) electrons. The van der Waals surface area contributed by atoms with Crippen molar-refractivity contribution < 1.29 is 19.0 Å². The highest BCUT2D eigenvalue weighted by Crippen LogP contribution is 2.24. The number of anilines is 1. The number of hydrogen-bond donors (Lipinski definition) is 1. The van der Waals surface area contributed by atoms with Gasteiger partial charge in [-0.25, -0.2) is 9.18 Å². The van der Waals surface area contributed by atoms with Crippen LogP contribution in [0.2, 0.25) is 0 Å². The molecule has 1 heterocycles. The number of hydrogen-bond acceptors (Lipinski definition) is 3. The monoisotopic (exact) mass is 291 g/mol. The van der Waals surface area contributed by atoms with Crippen LogP contribution in [0.1, 0.15) is 12.0 Å². The first-order valence-corrected chi connectivity index (χ1v) is 6.72. The number of carbonyl (C=O) groups is 1. The lowest BCUT2D eigenvalue weighted by atomic mass is 10.1. The van der Waals surface area contributed by atoms with E-state index < -0.39 is 5.97 Å². The van der Waals surface area contributed by atoms with Gasteiger partial charge in [-0.1, -0.05) is 12.1 Å². The maximum absolute atomic E-state index is 14.1. The summed E-state index contributed by atoms with van der Waals surface area (Å²) in [4.78, 5) is 12.4. The highest BCUT2D eigenvalue weighted by Gasteiger charge is 2.15. The van der Waals surface area contributed by atoms with Gasteiger partial charge >= 0.3 is 5.97 Å². The van der Waals surface area contributed by atoms with E-state index >= 15 is 0 Å². The Morgan fingerprint density at radius 1 is 1.52 bits per heavy atom. The maximum Gasteiger partial charge on any atom is 0.328 e. The van der Waals surface area contributed by atoms with Gasteiger partial charge in [0.15, 0.2) is 0 Å². The number of methoxy groups -OCH3 is 1. The van der Waals surface area contributed by atoms with Crippen molar-refractivity contribution in [1.82, 2.24) is 0 Å². The van der Waals surface area contributed by atoms with Gasteiger partial charge in [0.1, 0.15) is 5.82 Å². The van der Waals surface area contributed by atoms with Crippen LogP contribution in [-0.2, 0) is 9.53 Å². The lowest BCUT2D eigenvalue weighted by molar-refractivity contribution is -0.131. The minimum Gasteiger partial charge on any atom is -0.478 e. The van der Waals surface area contributed by atoms with Crippen molar-refractivity contribution in [2.75, 3.05) is 31.7 Å². The normalized spacial score (nSPS) is 15.3. The molecule has 0 fully saturated rings. The van der Waals surface area contributed by atoms with E-state index in [4.69, 9.17) is 9.84 Å². The molecule has 0 atom stereocenters. The molecule has 1 aliphatic heterocycles. The molecule has 1 aliphatic rings. The van der Waals surface area contributed by atoms with E-state index in [0.29, 0.717) is 24.4 Å². The van der Waals surface area contributed by atoms with Crippen molar-refractivity contribution in [3.05, 3.63) is 47.3 Å². The van der Waals surface area contributed by atoms with Crippen LogP contribution in [0.15, 0.2) is 35.9 Å². The van der Waals surface area contributed by atoms with Crippen LogP contribution >= 0.6 is 0 Å². The molecule has 1 N–H and O–H groups in total. The molecule has 1 aromatic carbocycles. The zero-order valence-electron chi connectivity index (χ0n) is 11.9. The Balaban J connectivity index is 2.10. The lowest BCUT2D eigenvalue weighted by Crippen LogP contribution is -2.30. The number of aliphatic carboxylic acids is 1. The molecule has 0 amide bonds. The number of carboxylic acids is 1. The second-order valence-electron chi connectivity index (χ2n) is 4.87. The number of benzene rings is 1. The number of carboxylic acid groups (broad SMARTS) is 1. The van der Waals surface area contributed by atoms with E-state index in [1.807, 2.05) is 4.90 Å². The first-order valence-electron chi connectivity index (χ1n) is 6.72. The topological polar surface area (TPSA) is 49.8 Å². The van der Waals surface area contributed by atoms with Crippen LogP contribution in [0.3, 0.4) is 0 Å². The summed E-state index contributed by atoms with van der Waals surface area (Å²) >= 11 is 0. The molecule has 1 aromatic rings. The molecule has 0 bridgehead atoms. The Morgan fingerprint density at radius 2 is 2.33 bits per heavy atom. The molecule has 0 saturated carbocycles. The summed E-state index contributed by atoms with van der Waals surface area (Å²) in [6.45, 7) is 2.02. The van der Waals surface area contributed by atoms with Gasteiger partial charge in [-0.2, -0.15) is 0 Å². The summed E-state index contributed by atoms with van der Waals surface area (Å²) in [6, 6.07) is 4.75. The Morgan fingerprint density at radius 3 is 2.90 bits per heavy atom. The van der Waals surface area contributed by atoms with E-state index in [-0.39, 0.29) is 5.82 Å². The highest BCUT2D eigenvalue weighted by molar-refractivity contribution is 5.85. The fourth-order valence-electron chi connectivity index (χ4n) is 2.30. The second-order valence-corrected chi connectivity index (χ2v) is 4.87. The fourth-order valence-corrected chi connectivity index (χ4v) is 2.30. The summed E-state index contributed by atoms with van der Waals surface area (Å²) in [5, 5.41) is 8.57. The Hall–Kier alpha value is -2.14. The summed E-state index contributed by atoms with van der Waals surface area (Å²) in [7, 11) is 1.66. The van der Waals surface area contributed by atoms with Crippen LogP contribution in [0.25, 0.3) is 6.08 Å². The number of nitrogens with zero attached hydrogens (tertiary/aromatic N) is 1. The van der Waals surface area contributed by atoms with Crippen LogP contribution in [0.5, 0.6) is 0 Å². The Kier molecular flexibility index (Phi) is 5.11. The first kappa shape index (κ1) is 15.3. The molecule has 0 unspecified atom stereocenters. The quantitative estimate of drug-likeness (QED) is 0.669. The fraction of sp³-hybridized carbons (Fsp3) is 0.312. The molecule has 5 heteroatoms. The molecular formula is C16H18FNO3. The van der Waals surface area contributed by atoms with Gasteiger partial charge in [-0.05, 0) is 35.8 Å². The molecule has 21 heavy (non-hydrogen) atoms. The summed E-state index contributed by atoms with van der Waals surface area (Å²) in [6.07, 6.45) is 5.29. The molecular weight excluding hydrogens is 273 g/mol. The molecule has 112 valence electrons. The van der Waals surface area contributed by atoms with E-state index in [0.717, 1.165) is 19.0 Å². The number of rotatable bonds is 5. The van der Waals surface area contributed by atoms with Crippen molar-refractivity contribution in [1.29, 1.82) is 0 Å². The van der Waals surface area contributed by atoms with Gasteiger partial charge < -0.3 is 14.7 Å². The van der Waals surface area contributed by atoms with Gasteiger partial charge in [0, 0.05) is 26.3 Å². The van der Waals surface area contributed by atoms with Gasteiger partial charge in [0.05, 0.1) is 12.3 Å². The molecule has 0 aliphatic carbocycles. The maximum atomic E-state index is 14.1. The molecule has 4 nitrogen and oxygen atoms in total. The largest absolute Gasteiger partial charge is 0.478 e. The third-order valence-corrected chi connectivity index (χ3v) is 3.36. The first-order chi connectivity index (χ1) is 10.1. The van der Waals surface area contributed by atoms with Crippen molar-refractivity contribution in [3.63, 3.8) is 0 Å². The zero-order chi connectivity index (χ0) is 15.2. The van der Waals surface area contributed by atoms with Gasteiger partial charge in [-0.3, -0.25) is 0 Å². The van der Waals surface area contributed by atoms with Crippen molar-refractivity contribution in [2.24, 2.45) is 0 Å². The Labute approximate surface area is 123 Å². The van der Waals surface area contributed by atoms with E-state index in [2.05, 4.69) is 6.08 Å². The van der Waals surface area contributed by atoms with Crippen LogP contribution in [-0.4, -0.2) is 37.9 Å². The minimum absolute atomic E-state index is 0.342. The van der Waals surface area contributed by atoms with Crippen LogP contribution in [0, 0.1) is 5.82 Å². The third-order valence-electron chi connectivity index (χ3n) is 3.36. The SMILES string of the molecule is COCC1=CCN(c2ccc(/C=C/C(=O)O)cc2F)CC1. The zero-order valence-corrected chi connectivity index (χ0v) is 11.9. The lowest BCUT2D eigenvalue weighted by Gasteiger charge is -2.28. The number of ether oxygens (including phenoxy) is 1. The van der Waals surface area contributed by atoms with E-state index in [1.54, 1.807) is 19.2 Å². The van der Waals surface area contributed by atoms with Crippen LogP contribution in [0.4, 0.5) is 10.1 Å². The summed E-state index contributed by atoms with van der Waals surface area (Å²) < 4.78 is 19.2. The minimum atomic E-state index is -1.05. The highest BCUT2D eigenvalue weighted by atomic mass is 19.1. The third kappa shape index (κ3) is 4.16. The molecule has 2 rings (SSSR count). The van der Waals surface area contributed by atoms with Crippen molar-refractivity contribution >= 4 is 17.7 Å².